The first-order valence-electron chi connectivity index (χ1n) is 8.57. The summed E-state index contributed by atoms with van der Waals surface area (Å²) in [5, 5.41) is 3.94. The van der Waals surface area contributed by atoms with E-state index in [4.69, 9.17) is 4.52 Å². The average molecular weight is 335 g/mol. The third-order valence-corrected chi connectivity index (χ3v) is 4.73. The van der Waals surface area contributed by atoms with Crippen LogP contribution in [0.5, 0.6) is 0 Å². The predicted octanol–water partition coefficient (Wildman–Crippen LogP) is 2.53. The molecular weight excluding hydrogens is 306 g/mol. The van der Waals surface area contributed by atoms with E-state index in [9.17, 15) is 9.59 Å². The Morgan fingerprint density at radius 3 is 2.29 bits per heavy atom. The van der Waals surface area contributed by atoms with Crippen LogP contribution in [0, 0.1) is 25.2 Å². The van der Waals surface area contributed by atoms with Gasteiger partial charge < -0.3 is 14.3 Å². The Labute approximate surface area is 144 Å². The second-order valence-electron chi connectivity index (χ2n) is 7.81. The molecule has 0 N–H and O–H groups in total. The van der Waals surface area contributed by atoms with Gasteiger partial charge in [-0.3, -0.25) is 9.59 Å². The van der Waals surface area contributed by atoms with Gasteiger partial charge in [0.05, 0.1) is 12.2 Å². The lowest BCUT2D eigenvalue weighted by molar-refractivity contribution is -0.144. The van der Waals surface area contributed by atoms with Gasteiger partial charge >= 0.3 is 0 Å². The van der Waals surface area contributed by atoms with E-state index in [0.717, 1.165) is 29.9 Å². The summed E-state index contributed by atoms with van der Waals surface area (Å²) in [6, 6.07) is 0. The van der Waals surface area contributed by atoms with Crippen LogP contribution < -0.4 is 0 Å². The predicted molar refractivity (Wildman–Crippen MR) is 91.2 cm³/mol. The van der Waals surface area contributed by atoms with Gasteiger partial charge in [-0.15, -0.1) is 0 Å². The zero-order valence-electron chi connectivity index (χ0n) is 15.7. The summed E-state index contributed by atoms with van der Waals surface area (Å²) in [6.07, 6.45) is 1.46. The molecule has 1 aliphatic heterocycles. The highest BCUT2D eigenvalue weighted by Crippen LogP contribution is 2.25. The molecule has 1 aromatic heterocycles. The summed E-state index contributed by atoms with van der Waals surface area (Å²) in [5.74, 6) is 1.05. The molecule has 0 radical (unpaired) electrons. The topological polar surface area (TPSA) is 66.7 Å². The average Bonchev–Trinajstić information content (AvgIpc) is 2.84. The van der Waals surface area contributed by atoms with Gasteiger partial charge in [0.2, 0.25) is 11.8 Å². The maximum absolute atomic E-state index is 12.7. The van der Waals surface area contributed by atoms with Gasteiger partial charge in [0.15, 0.2) is 0 Å². The molecule has 0 bridgehead atoms. The van der Waals surface area contributed by atoms with E-state index in [1.807, 2.05) is 46.6 Å². The smallest absolute Gasteiger partial charge is 0.227 e. The zero-order valence-corrected chi connectivity index (χ0v) is 15.7. The number of hydrogen-bond acceptors (Lipinski definition) is 4. The number of aromatic nitrogens is 1. The molecule has 24 heavy (non-hydrogen) atoms. The number of likely N-dealkylation sites (tertiary alicyclic amines) is 1. The highest BCUT2D eigenvalue weighted by molar-refractivity contribution is 5.82. The van der Waals surface area contributed by atoms with E-state index in [0.29, 0.717) is 19.6 Å². The van der Waals surface area contributed by atoms with E-state index < -0.39 is 0 Å². The van der Waals surface area contributed by atoms with Crippen LogP contribution in [0.2, 0.25) is 0 Å². The second-order valence-corrected chi connectivity index (χ2v) is 7.81. The second kappa shape index (κ2) is 6.95. The van der Waals surface area contributed by atoms with Crippen molar-refractivity contribution < 1.29 is 14.1 Å². The van der Waals surface area contributed by atoms with Crippen molar-refractivity contribution in [1.29, 1.82) is 0 Å². The van der Waals surface area contributed by atoms with Gasteiger partial charge in [-0.05, 0) is 26.7 Å². The van der Waals surface area contributed by atoms with Crippen molar-refractivity contribution in [3.05, 3.63) is 17.0 Å². The minimum atomic E-state index is -0.364. The molecule has 6 heteroatoms. The Bertz CT molecular complexity index is 588. The summed E-state index contributed by atoms with van der Waals surface area (Å²) >= 11 is 0. The Kier molecular flexibility index (Phi) is 5.35. The Morgan fingerprint density at radius 1 is 1.25 bits per heavy atom. The molecule has 0 atom stereocenters. The minimum Gasteiger partial charge on any atom is -0.361 e. The first-order chi connectivity index (χ1) is 11.1. The van der Waals surface area contributed by atoms with Crippen molar-refractivity contribution in [2.24, 2.45) is 11.3 Å². The van der Waals surface area contributed by atoms with Crippen molar-refractivity contribution in [3.63, 3.8) is 0 Å². The Morgan fingerprint density at radius 2 is 1.83 bits per heavy atom. The first-order valence-corrected chi connectivity index (χ1v) is 8.57. The van der Waals surface area contributed by atoms with Gasteiger partial charge in [0.1, 0.15) is 5.76 Å². The largest absolute Gasteiger partial charge is 0.361 e. The highest BCUT2D eigenvalue weighted by atomic mass is 16.5. The molecule has 1 aliphatic rings. The fourth-order valence-electron chi connectivity index (χ4n) is 3.16. The van der Waals surface area contributed by atoms with E-state index in [1.165, 1.54) is 0 Å². The van der Waals surface area contributed by atoms with Crippen LogP contribution in [0.4, 0.5) is 0 Å². The maximum Gasteiger partial charge on any atom is 0.227 e. The fraction of sp³-hybridized carbons (Fsp3) is 0.722. The van der Waals surface area contributed by atoms with E-state index >= 15 is 0 Å². The molecule has 0 saturated carbocycles. The fourth-order valence-corrected chi connectivity index (χ4v) is 3.16. The van der Waals surface area contributed by atoms with Crippen LogP contribution >= 0.6 is 0 Å². The third kappa shape index (κ3) is 3.97. The first kappa shape index (κ1) is 18.5. The summed E-state index contributed by atoms with van der Waals surface area (Å²) in [6.45, 7) is 11.4. The van der Waals surface area contributed by atoms with Crippen LogP contribution in [0.1, 0.15) is 50.6 Å². The number of rotatable bonds is 3. The molecule has 6 nitrogen and oxygen atoms in total. The normalized spacial score (nSPS) is 16.3. The number of carbonyl (C=O) groups excluding carboxylic acids is 2. The monoisotopic (exact) mass is 335 g/mol. The van der Waals surface area contributed by atoms with Gasteiger partial charge in [0.25, 0.3) is 0 Å². The lowest BCUT2D eigenvalue weighted by Crippen LogP contribution is -2.46. The Balaban J connectivity index is 1.92. The van der Waals surface area contributed by atoms with Crippen LogP contribution in [0.3, 0.4) is 0 Å². The maximum atomic E-state index is 12.7. The Hall–Kier alpha value is -1.85. The molecule has 0 unspecified atom stereocenters. The van der Waals surface area contributed by atoms with Crippen LogP contribution in [0.15, 0.2) is 4.52 Å². The minimum absolute atomic E-state index is 0.0144. The molecule has 1 fully saturated rings. The SMILES string of the molecule is Cc1noc(C)c1CN(C)C(=O)C1CCN(C(=O)C(C)(C)C)CC1. The molecule has 0 spiro atoms. The van der Waals surface area contributed by atoms with Gasteiger partial charge in [-0.2, -0.15) is 0 Å². The molecule has 1 aromatic rings. The van der Waals surface area contributed by atoms with E-state index in [1.54, 1.807) is 4.90 Å². The molecular formula is C18H29N3O3. The lowest BCUT2D eigenvalue weighted by atomic mass is 9.90. The number of nitrogens with zero attached hydrogens (tertiary/aromatic N) is 3. The third-order valence-electron chi connectivity index (χ3n) is 4.73. The van der Waals surface area contributed by atoms with Gasteiger partial charge in [0, 0.05) is 37.0 Å². The highest BCUT2D eigenvalue weighted by Gasteiger charge is 2.33. The van der Waals surface area contributed by atoms with Crippen molar-refractivity contribution in [1.82, 2.24) is 15.0 Å². The van der Waals surface area contributed by atoms with Crippen LogP contribution in [0.25, 0.3) is 0 Å². The summed E-state index contributed by atoms with van der Waals surface area (Å²) in [4.78, 5) is 28.7. The number of hydrogen-bond donors (Lipinski definition) is 0. The summed E-state index contributed by atoms with van der Waals surface area (Å²) in [7, 11) is 1.82. The zero-order chi connectivity index (χ0) is 18.1. The molecule has 2 heterocycles. The van der Waals surface area contributed by atoms with E-state index in [-0.39, 0.29) is 23.1 Å². The summed E-state index contributed by atoms with van der Waals surface area (Å²) in [5.41, 5.74) is 1.45. The van der Waals surface area contributed by atoms with Crippen molar-refractivity contribution in [2.45, 2.75) is 54.0 Å². The number of carbonyl (C=O) groups is 2. The molecule has 2 rings (SSSR count). The number of piperidine rings is 1. The van der Waals surface area contributed by atoms with Crippen LogP contribution in [-0.2, 0) is 16.1 Å². The van der Waals surface area contributed by atoms with Crippen LogP contribution in [-0.4, -0.2) is 46.9 Å². The lowest BCUT2D eigenvalue weighted by Gasteiger charge is -2.36. The molecule has 1 saturated heterocycles. The molecule has 0 aliphatic carbocycles. The van der Waals surface area contributed by atoms with E-state index in [2.05, 4.69) is 5.16 Å². The molecule has 0 aromatic carbocycles. The molecule has 2 amide bonds. The number of amides is 2. The molecule has 134 valence electrons. The van der Waals surface area contributed by atoms with Gasteiger partial charge in [-0.25, -0.2) is 0 Å². The quantitative estimate of drug-likeness (QED) is 0.851. The van der Waals surface area contributed by atoms with Crippen molar-refractivity contribution >= 4 is 11.8 Å². The van der Waals surface area contributed by atoms with Crippen molar-refractivity contribution in [3.8, 4) is 0 Å². The standard InChI is InChI=1S/C18H29N3O3/c1-12-15(13(2)24-19-12)11-20(6)16(22)14-7-9-21(10-8-14)17(23)18(3,4)5/h14H,7-11H2,1-6H3. The number of aryl methyl sites for hydroxylation is 2. The summed E-state index contributed by atoms with van der Waals surface area (Å²) < 4.78 is 5.16. The van der Waals surface area contributed by atoms with Crippen molar-refractivity contribution in [2.75, 3.05) is 20.1 Å². The van der Waals surface area contributed by atoms with Gasteiger partial charge in [-0.1, -0.05) is 25.9 Å².